The van der Waals surface area contributed by atoms with Crippen LogP contribution >= 0.6 is 0 Å². The van der Waals surface area contributed by atoms with E-state index in [-0.39, 0.29) is 11.6 Å². The fourth-order valence-electron chi connectivity index (χ4n) is 2.32. The van der Waals surface area contributed by atoms with Crippen molar-refractivity contribution in [2.75, 3.05) is 5.32 Å². The van der Waals surface area contributed by atoms with E-state index in [1.54, 1.807) is 19.1 Å². The maximum atomic E-state index is 12.0. The minimum atomic E-state index is -1.01. The standard InChI is InChI=1S/C15H12N2O3/c1-8-6-9(16-13(8)15(19)20)7-11-10-4-2-3-5-12(10)17-14(11)18/h2-7,16H,1H3,(H,17,18)(H,19,20). The molecule has 0 saturated heterocycles. The van der Waals surface area contributed by atoms with Crippen molar-refractivity contribution in [2.45, 2.75) is 6.92 Å². The zero-order chi connectivity index (χ0) is 14.3. The Balaban J connectivity index is 2.07. The van der Waals surface area contributed by atoms with Crippen molar-refractivity contribution in [2.24, 2.45) is 0 Å². The molecule has 5 nitrogen and oxygen atoms in total. The van der Waals surface area contributed by atoms with E-state index < -0.39 is 5.97 Å². The number of carbonyl (C=O) groups is 2. The van der Waals surface area contributed by atoms with E-state index in [1.807, 2.05) is 24.3 Å². The number of aromatic carboxylic acids is 1. The molecule has 0 aliphatic carbocycles. The molecule has 1 amide bonds. The Bertz CT molecular complexity index is 756. The summed E-state index contributed by atoms with van der Waals surface area (Å²) in [6, 6.07) is 9.10. The van der Waals surface area contributed by atoms with Crippen molar-refractivity contribution in [3.05, 3.63) is 52.8 Å². The Morgan fingerprint density at radius 2 is 2.05 bits per heavy atom. The molecule has 0 radical (unpaired) electrons. The molecule has 3 N–H and O–H groups in total. The number of para-hydroxylation sites is 1. The number of hydrogen-bond acceptors (Lipinski definition) is 2. The third-order valence-corrected chi connectivity index (χ3v) is 3.26. The number of aromatic amines is 1. The number of nitrogens with one attached hydrogen (secondary N) is 2. The Kier molecular flexibility index (Phi) is 2.68. The quantitative estimate of drug-likeness (QED) is 0.732. The molecule has 0 saturated carbocycles. The van der Waals surface area contributed by atoms with Crippen LogP contribution < -0.4 is 5.32 Å². The summed E-state index contributed by atoms with van der Waals surface area (Å²) in [5.74, 6) is -1.20. The van der Waals surface area contributed by atoms with Gasteiger partial charge >= 0.3 is 5.97 Å². The van der Waals surface area contributed by atoms with Crippen molar-refractivity contribution in [3.8, 4) is 0 Å². The SMILES string of the molecule is Cc1cc(C=C2C(=O)Nc3ccccc32)[nH]c1C(=O)O. The van der Waals surface area contributed by atoms with Gasteiger partial charge in [-0.15, -0.1) is 0 Å². The maximum absolute atomic E-state index is 12.0. The Morgan fingerprint density at radius 1 is 1.30 bits per heavy atom. The van der Waals surface area contributed by atoms with Crippen LogP contribution in [0.2, 0.25) is 0 Å². The maximum Gasteiger partial charge on any atom is 0.352 e. The minimum absolute atomic E-state index is 0.142. The summed E-state index contributed by atoms with van der Waals surface area (Å²) in [5, 5.41) is 11.8. The number of amides is 1. The molecule has 100 valence electrons. The smallest absolute Gasteiger partial charge is 0.352 e. The van der Waals surface area contributed by atoms with Crippen LogP contribution in [0.3, 0.4) is 0 Å². The molecular weight excluding hydrogens is 256 g/mol. The van der Waals surface area contributed by atoms with E-state index in [1.165, 1.54) is 0 Å². The largest absolute Gasteiger partial charge is 0.477 e. The predicted molar refractivity (Wildman–Crippen MR) is 75.4 cm³/mol. The number of carbonyl (C=O) groups excluding carboxylic acids is 1. The van der Waals surface area contributed by atoms with Gasteiger partial charge in [-0.25, -0.2) is 4.79 Å². The van der Waals surface area contributed by atoms with Crippen molar-refractivity contribution >= 4 is 29.2 Å². The minimum Gasteiger partial charge on any atom is -0.477 e. The van der Waals surface area contributed by atoms with Gasteiger partial charge in [0, 0.05) is 16.9 Å². The summed E-state index contributed by atoms with van der Waals surface area (Å²) in [7, 11) is 0. The molecule has 1 aliphatic rings. The average molecular weight is 268 g/mol. The van der Waals surface area contributed by atoms with Crippen LogP contribution in [-0.4, -0.2) is 22.0 Å². The number of carboxylic acids is 1. The van der Waals surface area contributed by atoms with Crippen molar-refractivity contribution < 1.29 is 14.7 Å². The number of aromatic nitrogens is 1. The number of fused-ring (bicyclic) bond motifs is 1. The lowest BCUT2D eigenvalue weighted by Gasteiger charge is -1.96. The molecule has 3 rings (SSSR count). The fourth-order valence-corrected chi connectivity index (χ4v) is 2.32. The number of benzene rings is 1. The highest BCUT2D eigenvalue weighted by Gasteiger charge is 2.23. The molecule has 20 heavy (non-hydrogen) atoms. The van der Waals surface area contributed by atoms with E-state index in [2.05, 4.69) is 10.3 Å². The van der Waals surface area contributed by atoms with Gasteiger partial charge in [-0.05, 0) is 30.7 Å². The third kappa shape index (κ3) is 1.89. The molecule has 1 aromatic heterocycles. The second-order valence-electron chi connectivity index (χ2n) is 4.65. The Hall–Kier alpha value is -2.82. The lowest BCUT2D eigenvalue weighted by molar-refractivity contribution is -0.110. The Labute approximate surface area is 114 Å². The van der Waals surface area contributed by atoms with E-state index in [0.717, 1.165) is 11.3 Å². The number of hydrogen-bond donors (Lipinski definition) is 3. The predicted octanol–water partition coefficient (Wildman–Crippen LogP) is 2.51. The topological polar surface area (TPSA) is 82.2 Å². The Morgan fingerprint density at radius 3 is 2.75 bits per heavy atom. The van der Waals surface area contributed by atoms with Crippen LogP contribution in [0.4, 0.5) is 5.69 Å². The number of carboxylic acid groups (broad SMARTS) is 1. The van der Waals surface area contributed by atoms with Crippen LogP contribution in [0.15, 0.2) is 30.3 Å². The summed E-state index contributed by atoms with van der Waals surface area (Å²) in [6.07, 6.45) is 1.67. The zero-order valence-corrected chi connectivity index (χ0v) is 10.7. The molecule has 2 aromatic rings. The highest BCUT2D eigenvalue weighted by atomic mass is 16.4. The first-order valence-corrected chi connectivity index (χ1v) is 6.11. The average Bonchev–Trinajstić information content (AvgIpc) is 2.92. The van der Waals surface area contributed by atoms with Crippen LogP contribution in [0.5, 0.6) is 0 Å². The first-order chi connectivity index (χ1) is 9.56. The molecule has 0 fully saturated rings. The first kappa shape index (κ1) is 12.2. The molecule has 2 heterocycles. The van der Waals surface area contributed by atoms with Gasteiger partial charge in [0.15, 0.2) is 0 Å². The van der Waals surface area contributed by atoms with Gasteiger partial charge in [-0.3, -0.25) is 4.79 Å². The normalized spacial score (nSPS) is 15.2. The van der Waals surface area contributed by atoms with Gasteiger partial charge in [0.25, 0.3) is 5.91 Å². The van der Waals surface area contributed by atoms with Gasteiger partial charge in [-0.2, -0.15) is 0 Å². The molecular formula is C15H12N2O3. The number of anilines is 1. The van der Waals surface area contributed by atoms with Crippen LogP contribution in [0.1, 0.15) is 27.3 Å². The van der Waals surface area contributed by atoms with Crippen LogP contribution in [0.25, 0.3) is 11.6 Å². The number of H-pyrrole nitrogens is 1. The van der Waals surface area contributed by atoms with Gasteiger partial charge in [0.05, 0.1) is 5.57 Å². The summed E-state index contributed by atoms with van der Waals surface area (Å²) in [5.41, 5.74) is 3.49. The second-order valence-corrected chi connectivity index (χ2v) is 4.65. The van der Waals surface area contributed by atoms with Gasteiger partial charge < -0.3 is 15.4 Å². The van der Waals surface area contributed by atoms with Crippen LogP contribution in [-0.2, 0) is 4.79 Å². The van der Waals surface area contributed by atoms with E-state index >= 15 is 0 Å². The highest BCUT2D eigenvalue weighted by molar-refractivity contribution is 6.34. The third-order valence-electron chi connectivity index (χ3n) is 3.26. The van der Waals surface area contributed by atoms with E-state index in [9.17, 15) is 9.59 Å². The highest BCUT2D eigenvalue weighted by Crippen LogP contribution is 2.32. The first-order valence-electron chi connectivity index (χ1n) is 6.11. The van der Waals surface area contributed by atoms with E-state index in [0.29, 0.717) is 16.8 Å². The summed E-state index contributed by atoms with van der Waals surface area (Å²) >= 11 is 0. The number of rotatable bonds is 2. The van der Waals surface area contributed by atoms with Gasteiger partial charge in [0.2, 0.25) is 0 Å². The molecule has 0 unspecified atom stereocenters. The van der Waals surface area contributed by atoms with Gasteiger partial charge in [-0.1, -0.05) is 18.2 Å². The van der Waals surface area contributed by atoms with Crippen LogP contribution in [0, 0.1) is 6.92 Å². The molecule has 1 aliphatic heterocycles. The van der Waals surface area contributed by atoms with E-state index in [4.69, 9.17) is 5.11 Å². The van der Waals surface area contributed by atoms with Crippen molar-refractivity contribution in [1.29, 1.82) is 0 Å². The fraction of sp³-hybridized carbons (Fsp3) is 0.0667. The molecule has 0 bridgehead atoms. The summed E-state index contributed by atoms with van der Waals surface area (Å²) in [4.78, 5) is 25.8. The molecule has 1 aromatic carbocycles. The number of aryl methyl sites for hydroxylation is 1. The second kappa shape index (κ2) is 4.38. The summed E-state index contributed by atoms with van der Waals surface area (Å²) in [6.45, 7) is 1.71. The molecule has 0 atom stereocenters. The summed E-state index contributed by atoms with van der Waals surface area (Å²) < 4.78 is 0. The van der Waals surface area contributed by atoms with Crippen molar-refractivity contribution in [1.82, 2.24) is 4.98 Å². The molecule has 5 heteroatoms. The lowest BCUT2D eigenvalue weighted by Crippen LogP contribution is -2.03. The lowest BCUT2D eigenvalue weighted by atomic mass is 10.1. The van der Waals surface area contributed by atoms with Crippen molar-refractivity contribution in [3.63, 3.8) is 0 Å². The molecule has 0 spiro atoms. The van der Waals surface area contributed by atoms with Gasteiger partial charge in [0.1, 0.15) is 5.69 Å². The zero-order valence-electron chi connectivity index (χ0n) is 10.7. The monoisotopic (exact) mass is 268 g/mol.